The van der Waals surface area contributed by atoms with Gasteiger partial charge in [-0.1, -0.05) is 42.5 Å². The average Bonchev–Trinajstić information content (AvgIpc) is 3.72. The molecule has 3 aromatic rings. The first-order valence-corrected chi connectivity index (χ1v) is 13.8. The van der Waals surface area contributed by atoms with Crippen LogP contribution in [0.5, 0.6) is 0 Å². The molecule has 0 aromatic heterocycles. The number of benzene rings is 3. The van der Waals surface area contributed by atoms with Gasteiger partial charge < -0.3 is 15.5 Å². The fraction of sp³-hybridized carbons (Fsp3) is 0.375. The van der Waals surface area contributed by atoms with Gasteiger partial charge in [0.2, 0.25) is 0 Å². The Morgan fingerprint density at radius 2 is 1.62 bits per heavy atom. The van der Waals surface area contributed by atoms with E-state index >= 15 is 0 Å². The minimum absolute atomic E-state index is 0.000169. The lowest BCUT2D eigenvalue weighted by molar-refractivity contribution is 0.0794. The number of likely N-dealkylation sites (tertiary alicyclic amines) is 1. The van der Waals surface area contributed by atoms with Crippen molar-refractivity contribution in [3.8, 4) is 0 Å². The summed E-state index contributed by atoms with van der Waals surface area (Å²) < 4.78 is 0. The number of rotatable bonds is 4. The van der Waals surface area contributed by atoms with Crippen LogP contribution in [0.2, 0.25) is 0 Å². The summed E-state index contributed by atoms with van der Waals surface area (Å²) in [4.78, 5) is 28.4. The molecular weight excluding hydrogens is 458 g/mol. The SMILES string of the molecule is O=C(Nc1ccccc1C(=O)N1CCCC1)c1ccc2c(c1)[C@@H]1[C@H]3CC[C@@H](C3)[C@H]1[C@H](c1ccccc1)N2. The fourth-order valence-electron chi connectivity index (χ4n) is 7.68. The van der Waals surface area contributed by atoms with Crippen molar-refractivity contribution in [2.24, 2.45) is 17.8 Å². The average molecular weight is 492 g/mol. The minimum atomic E-state index is -0.158. The standard InChI is InChI=1S/C32H33N3O2/c36-31(34-26-11-5-4-10-24(26)32(37)35-16-6-7-17-35)23-14-15-27-25(19-23)28-21-12-13-22(18-21)29(28)30(33-27)20-8-2-1-3-9-20/h1-5,8-11,14-15,19,21-22,28-30,33H,6-7,12-13,16-18H2,(H,34,36)/t21-,22-,28-,29+,30-/m0/s1. The van der Waals surface area contributed by atoms with E-state index in [4.69, 9.17) is 0 Å². The topological polar surface area (TPSA) is 61.4 Å². The number of carbonyl (C=O) groups is 2. The lowest BCUT2D eigenvalue weighted by Crippen LogP contribution is -2.35. The second-order valence-corrected chi connectivity index (χ2v) is 11.3. The van der Waals surface area contributed by atoms with Crippen molar-refractivity contribution >= 4 is 23.2 Å². The molecule has 0 unspecified atom stereocenters. The molecule has 0 spiro atoms. The summed E-state index contributed by atoms with van der Waals surface area (Å²) in [5.74, 6) is 2.32. The molecule has 2 heterocycles. The van der Waals surface area contributed by atoms with Crippen molar-refractivity contribution in [1.82, 2.24) is 4.90 Å². The summed E-state index contributed by atoms with van der Waals surface area (Å²) in [6.07, 6.45) is 5.97. The van der Waals surface area contributed by atoms with Crippen molar-refractivity contribution in [1.29, 1.82) is 0 Å². The molecule has 7 rings (SSSR count). The van der Waals surface area contributed by atoms with Crippen molar-refractivity contribution in [3.63, 3.8) is 0 Å². The summed E-state index contributed by atoms with van der Waals surface area (Å²) in [5, 5.41) is 6.92. The molecule has 5 atom stereocenters. The smallest absolute Gasteiger partial charge is 0.255 e. The first kappa shape index (κ1) is 22.6. The summed E-state index contributed by atoms with van der Waals surface area (Å²) in [6, 6.07) is 24.7. The van der Waals surface area contributed by atoms with E-state index in [1.807, 2.05) is 35.2 Å². The molecule has 2 amide bonds. The van der Waals surface area contributed by atoms with Gasteiger partial charge in [0, 0.05) is 24.3 Å². The number of fused-ring (bicyclic) bond motifs is 7. The van der Waals surface area contributed by atoms with E-state index in [1.54, 1.807) is 0 Å². The largest absolute Gasteiger partial charge is 0.378 e. The van der Waals surface area contributed by atoms with E-state index in [0.717, 1.165) is 37.5 Å². The Kier molecular flexibility index (Phi) is 5.53. The predicted octanol–water partition coefficient (Wildman–Crippen LogP) is 6.47. The van der Waals surface area contributed by atoms with E-state index in [1.165, 1.54) is 30.4 Å². The van der Waals surface area contributed by atoms with Crippen LogP contribution in [0.25, 0.3) is 0 Å². The summed E-state index contributed by atoms with van der Waals surface area (Å²) in [7, 11) is 0. The zero-order valence-electron chi connectivity index (χ0n) is 21.0. The number of amides is 2. The lowest BCUT2D eigenvalue weighted by Gasteiger charge is -2.43. The van der Waals surface area contributed by atoms with Crippen LogP contribution in [0, 0.1) is 17.8 Å². The van der Waals surface area contributed by atoms with Gasteiger partial charge in [-0.2, -0.15) is 0 Å². The fourth-order valence-corrected chi connectivity index (χ4v) is 7.68. The first-order valence-electron chi connectivity index (χ1n) is 13.8. The number of nitrogens with one attached hydrogen (secondary N) is 2. The van der Waals surface area contributed by atoms with Crippen LogP contribution in [0.4, 0.5) is 11.4 Å². The monoisotopic (exact) mass is 491 g/mol. The van der Waals surface area contributed by atoms with Crippen LogP contribution in [-0.4, -0.2) is 29.8 Å². The molecule has 188 valence electrons. The highest BCUT2D eigenvalue weighted by molar-refractivity contribution is 6.09. The van der Waals surface area contributed by atoms with Crippen molar-refractivity contribution < 1.29 is 9.59 Å². The number of carbonyl (C=O) groups excluding carboxylic acids is 2. The normalized spacial score (nSPS) is 27.4. The molecule has 2 N–H and O–H groups in total. The molecule has 5 heteroatoms. The Morgan fingerprint density at radius 3 is 2.46 bits per heavy atom. The van der Waals surface area contributed by atoms with Gasteiger partial charge in [-0.3, -0.25) is 9.59 Å². The van der Waals surface area contributed by atoms with E-state index in [0.29, 0.717) is 40.6 Å². The van der Waals surface area contributed by atoms with Gasteiger partial charge in [0.15, 0.2) is 0 Å². The van der Waals surface area contributed by atoms with Gasteiger partial charge >= 0.3 is 0 Å². The van der Waals surface area contributed by atoms with E-state index in [9.17, 15) is 9.59 Å². The zero-order valence-corrected chi connectivity index (χ0v) is 21.0. The third kappa shape index (κ3) is 3.83. The minimum Gasteiger partial charge on any atom is -0.378 e. The Bertz CT molecular complexity index is 1350. The Hall–Kier alpha value is -3.60. The maximum atomic E-state index is 13.5. The Balaban J connectivity index is 1.19. The Labute approximate surface area is 218 Å². The highest BCUT2D eigenvalue weighted by atomic mass is 16.2. The van der Waals surface area contributed by atoms with Crippen LogP contribution in [0.1, 0.15) is 75.9 Å². The van der Waals surface area contributed by atoms with Gasteiger partial charge in [0.1, 0.15) is 0 Å². The van der Waals surface area contributed by atoms with Gasteiger partial charge in [-0.15, -0.1) is 0 Å². The molecular formula is C32H33N3O2. The summed E-state index contributed by atoms with van der Waals surface area (Å²) >= 11 is 0. The second kappa shape index (κ2) is 9.05. The maximum absolute atomic E-state index is 13.5. The molecule has 2 aliphatic carbocycles. The summed E-state index contributed by atoms with van der Waals surface area (Å²) in [5.41, 5.74) is 5.61. The number of nitrogens with zero attached hydrogens (tertiary/aromatic N) is 1. The molecule has 5 nitrogen and oxygen atoms in total. The molecule has 3 aromatic carbocycles. The third-order valence-corrected chi connectivity index (χ3v) is 9.31. The van der Waals surface area contributed by atoms with Crippen molar-refractivity contribution in [3.05, 3.63) is 95.1 Å². The number of hydrogen-bond acceptors (Lipinski definition) is 3. The van der Waals surface area contributed by atoms with Crippen LogP contribution >= 0.6 is 0 Å². The molecule has 2 saturated carbocycles. The number of anilines is 2. The van der Waals surface area contributed by atoms with Crippen LogP contribution in [0.3, 0.4) is 0 Å². The van der Waals surface area contributed by atoms with E-state index in [-0.39, 0.29) is 11.8 Å². The highest BCUT2D eigenvalue weighted by Gasteiger charge is 2.53. The van der Waals surface area contributed by atoms with Gasteiger partial charge in [0.25, 0.3) is 11.8 Å². The van der Waals surface area contributed by atoms with Gasteiger partial charge in [-0.25, -0.2) is 0 Å². The molecule has 0 radical (unpaired) electrons. The molecule has 1 saturated heterocycles. The predicted molar refractivity (Wildman–Crippen MR) is 146 cm³/mol. The molecule has 37 heavy (non-hydrogen) atoms. The van der Waals surface area contributed by atoms with Crippen LogP contribution in [-0.2, 0) is 0 Å². The molecule has 2 aliphatic heterocycles. The van der Waals surface area contributed by atoms with Gasteiger partial charge in [-0.05, 0) is 97.2 Å². The quantitative estimate of drug-likeness (QED) is 0.440. The zero-order chi connectivity index (χ0) is 24.9. The van der Waals surface area contributed by atoms with E-state index in [2.05, 4.69) is 53.1 Å². The summed E-state index contributed by atoms with van der Waals surface area (Å²) in [6.45, 7) is 1.57. The molecule has 3 fully saturated rings. The highest BCUT2D eigenvalue weighted by Crippen LogP contribution is 2.63. The Morgan fingerprint density at radius 1 is 0.865 bits per heavy atom. The van der Waals surface area contributed by atoms with Crippen LogP contribution < -0.4 is 10.6 Å². The van der Waals surface area contributed by atoms with Crippen LogP contribution in [0.15, 0.2) is 72.8 Å². The van der Waals surface area contributed by atoms with Gasteiger partial charge in [0.05, 0.1) is 17.3 Å². The second-order valence-electron chi connectivity index (χ2n) is 11.3. The van der Waals surface area contributed by atoms with Crippen molar-refractivity contribution in [2.75, 3.05) is 23.7 Å². The van der Waals surface area contributed by atoms with E-state index < -0.39 is 0 Å². The maximum Gasteiger partial charge on any atom is 0.255 e. The first-order chi connectivity index (χ1) is 18.2. The molecule has 4 aliphatic rings. The molecule has 2 bridgehead atoms. The third-order valence-electron chi connectivity index (χ3n) is 9.31. The van der Waals surface area contributed by atoms with Crippen molar-refractivity contribution in [2.45, 2.75) is 44.1 Å². The number of para-hydroxylation sites is 1. The lowest BCUT2D eigenvalue weighted by atomic mass is 9.68. The number of hydrogen-bond donors (Lipinski definition) is 2.